The van der Waals surface area contributed by atoms with Crippen LogP contribution in [0.5, 0.6) is 0 Å². The molecule has 0 rings (SSSR count). The van der Waals surface area contributed by atoms with Crippen LogP contribution in [0.4, 0.5) is 4.79 Å². The number of hydrogen-bond donors (Lipinski definition) is 3. The number of urea groups is 1. The van der Waals surface area contributed by atoms with Gasteiger partial charge in [-0.2, -0.15) is 0 Å². The standard InChI is InChI=1S/C5H13N3O/c1-4(6)2-3-8-5(7)9/h4H,2-3,6H2,1H3,(H3,7,8,9). The van der Waals surface area contributed by atoms with Crippen LogP contribution in [-0.2, 0) is 0 Å². The number of carbonyl (C=O) groups is 1. The van der Waals surface area contributed by atoms with Gasteiger partial charge in [-0.05, 0) is 13.3 Å². The molecule has 0 aliphatic rings. The van der Waals surface area contributed by atoms with Gasteiger partial charge in [0.15, 0.2) is 0 Å². The lowest BCUT2D eigenvalue weighted by molar-refractivity contribution is 0.248. The van der Waals surface area contributed by atoms with Crippen molar-refractivity contribution in [2.24, 2.45) is 11.5 Å². The minimum Gasteiger partial charge on any atom is -0.352 e. The van der Waals surface area contributed by atoms with E-state index in [1.54, 1.807) is 0 Å². The number of primary amides is 1. The summed E-state index contributed by atoms with van der Waals surface area (Å²) in [4.78, 5) is 10.1. The van der Waals surface area contributed by atoms with Gasteiger partial charge in [0.1, 0.15) is 0 Å². The SMILES string of the molecule is CC(N)CCNC(N)=O. The van der Waals surface area contributed by atoms with Gasteiger partial charge in [-0.3, -0.25) is 0 Å². The van der Waals surface area contributed by atoms with Gasteiger partial charge in [-0.25, -0.2) is 4.79 Å². The zero-order valence-corrected chi connectivity index (χ0v) is 5.55. The van der Waals surface area contributed by atoms with E-state index in [2.05, 4.69) is 5.32 Å². The maximum atomic E-state index is 10.1. The Morgan fingerprint density at radius 1 is 1.78 bits per heavy atom. The van der Waals surface area contributed by atoms with Crippen molar-refractivity contribution in [1.82, 2.24) is 5.32 Å². The van der Waals surface area contributed by atoms with Crippen LogP contribution in [-0.4, -0.2) is 18.6 Å². The molecule has 0 aromatic carbocycles. The van der Waals surface area contributed by atoms with Crippen molar-refractivity contribution in [3.8, 4) is 0 Å². The van der Waals surface area contributed by atoms with E-state index >= 15 is 0 Å². The van der Waals surface area contributed by atoms with Crippen LogP contribution in [0, 0.1) is 0 Å². The highest BCUT2D eigenvalue weighted by Crippen LogP contribution is 1.80. The summed E-state index contributed by atoms with van der Waals surface area (Å²) < 4.78 is 0. The predicted molar refractivity (Wildman–Crippen MR) is 35.9 cm³/mol. The van der Waals surface area contributed by atoms with E-state index in [1.807, 2.05) is 6.92 Å². The summed E-state index contributed by atoms with van der Waals surface area (Å²) in [5, 5.41) is 2.44. The Bertz CT molecular complexity index is 92.2. The van der Waals surface area contributed by atoms with Crippen molar-refractivity contribution >= 4 is 6.03 Å². The molecule has 0 spiro atoms. The molecule has 1 atom stereocenters. The molecule has 0 heterocycles. The number of nitrogens with two attached hydrogens (primary N) is 2. The number of nitrogens with one attached hydrogen (secondary N) is 1. The fourth-order valence-corrected chi connectivity index (χ4v) is 0.423. The fraction of sp³-hybridized carbons (Fsp3) is 0.800. The Balaban J connectivity index is 3.01. The van der Waals surface area contributed by atoms with Crippen molar-refractivity contribution in [2.75, 3.05) is 6.54 Å². The Morgan fingerprint density at radius 2 is 2.33 bits per heavy atom. The number of hydrogen-bond acceptors (Lipinski definition) is 2. The number of carbonyl (C=O) groups excluding carboxylic acids is 1. The van der Waals surface area contributed by atoms with Crippen LogP contribution < -0.4 is 16.8 Å². The molecule has 4 nitrogen and oxygen atoms in total. The average molecular weight is 131 g/mol. The van der Waals surface area contributed by atoms with E-state index < -0.39 is 6.03 Å². The molecule has 0 aliphatic carbocycles. The fourth-order valence-electron chi connectivity index (χ4n) is 0.423. The monoisotopic (exact) mass is 131 g/mol. The molecule has 4 heteroatoms. The third-order valence-corrected chi connectivity index (χ3v) is 0.899. The first-order valence-corrected chi connectivity index (χ1v) is 2.92. The van der Waals surface area contributed by atoms with Crippen LogP contribution in [0.25, 0.3) is 0 Å². The lowest BCUT2D eigenvalue weighted by atomic mass is 10.2. The van der Waals surface area contributed by atoms with Gasteiger partial charge >= 0.3 is 6.03 Å². The minimum absolute atomic E-state index is 0.122. The molecule has 2 amide bonds. The van der Waals surface area contributed by atoms with Crippen molar-refractivity contribution in [1.29, 1.82) is 0 Å². The third kappa shape index (κ3) is 7.23. The molecule has 0 saturated heterocycles. The van der Waals surface area contributed by atoms with Gasteiger partial charge in [0.05, 0.1) is 0 Å². The molecule has 0 radical (unpaired) electrons. The van der Waals surface area contributed by atoms with E-state index in [4.69, 9.17) is 11.5 Å². The largest absolute Gasteiger partial charge is 0.352 e. The van der Waals surface area contributed by atoms with Gasteiger partial charge in [0, 0.05) is 12.6 Å². The van der Waals surface area contributed by atoms with E-state index in [0.717, 1.165) is 6.42 Å². The van der Waals surface area contributed by atoms with Crippen LogP contribution in [0.15, 0.2) is 0 Å². The summed E-state index contributed by atoms with van der Waals surface area (Å²) in [5.74, 6) is 0. The molecule has 0 aromatic rings. The van der Waals surface area contributed by atoms with Gasteiger partial charge in [-0.15, -0.1) is 0 Å². The highest BCUT2D eigenvalue weighted by molar-refractivity contribution is 5.71. The zero-order valence-electron chi connectivity index (χ0n) is 5.55. The molecule has 1 unspecified atom stereocenters. The third-order valence-electron chi connectivity index (χ3n) is 0.899. The average Bonchev–Trinajstić information content (AvgIpc) is 1.63. The summed E-state index contributed by atoms with van der Waals surface area (Å²) >= 11 is 0. The minimum atomic E-state index is -0.490. The normalized spacial score (nSPS) is 12.7. The van der Waals surface area contributed by atoms with Crippen LogP contribution in [0.2, 0.25) is 0 Å². The molecule has 54 valence electrons. The van der Waals surface area contributed by atoms with Crippen molar-refractivity contribution in [2.45, 2.75) is 19.4 Å². The lowest BCUT2D eigenvalue weighted by Crippen LogP contribution is -2.32. The van der Waals surface area contributed by atoms with Crippen molar-refractivity contribution in [3.05, 3.63) is 0 Å². The van der Waals surface area contributed by atoms with E-state index in [1.165, 1.54) is 0 Å². The second kappa shape index (κ2) is 4.14. The van der Waals surface area contributed by atoms with Crippen molar-refractivity contribution < 1.29 is 4.79 Å². The number of rotatable bonds is 3. The molecule has 0 aromatic heterocycles. The molecular formula is C5H13N3O. The second-order valence-electron chi connectivity index (χ2n) is 2.06. The number of amides is 2. The molecule has 5 N–H and O–H groups in total. The first-order valence-electron chi connectivity index (χ1n) is 2.92. The highest BCUT2D eigenvalue weighted by Gasteiger charge is 1.93. The van der Waals surface area contributed by atoms with Crippen LogP contribution >= 0.6 is 0 Å². The summed E-state index contributed by atoms with van der Waals surface area (Å²) in [5.41, 5.74) is 10.2. The molecule has 9 heavy (non-hydrogen) atoms. The van der Waals surface area contributed by atoms with Crippen molar-refractivity contribution in [3.63, 3.8) is 0 Å². The summed E-state index contributed by atoms with van der Waals surface area (Å²) in [6.07, 6.45) is 0.767. The Hall–Kier alpha value is -0.770. The second-order valence-corrected chi connectivity index (χ2v) is 2.06. The molecule has 0 saturated carbocycles. The topological polar surface area (TPSA) is 81.1 Å². The Morgan fingerprint density at radius 3 is 2.67 bits per heavy atom. The quantitative estimate of drug-likeness (QED) is 0.477. The van der Waals surface area contributed by atoms with Gasteiger partial charge < -0.3 is 16.8 Å². The van der Waals surface area contributed by atoms with Gasteiger partial charge in [0.25, 0.3) is 0 Å². The lowest BCUT2D eigenvalue weighted by Gasteiger charge is -2.03. The van der Waals surface area contributed by atoms with E-state index in [9.17, 15) is 4.79 Å². The molecule has 0 bridgehead atoms. The van der Waals surface area contributed by atoms with E-state index in [0.29, 0.717) is 6.54 Å². The van der Waals surface area contributed by atoms with E-state index in [-0.39, 0.29) is 6.04 Å². The predicted octanol–water partition coefficient (Wildman–Crippen LogP) is -0.608. The highest BCUT2D eigenvalue weighted by atomic mass is 16.2. The Labute approximate surface area is 54.6 Å². The maximum absolute atomic E-state index is 10.1. The van der Waals surface area contributed by atoms with Crippen LogP contribution in [0.1, 0.15) is 13.3 Å². The summed E-state index contributed by atoms with van der Waals surface area (Å²) in [6, 6.07) is -0.368. The van der Waals surface area contributed by atoms with Gasteiger partial charge in [0.2, 0.25) is 0 Å². The first kappa shape index (κ1) is 8.23. The summed E-state index contributed by atoms with van der Waals surface area (Å²) in [7, 11) is 0. The zero-order chi connectivity index (χ0) is 7.28. The molecule has 0 fully saturated rings. The molecular weight excluding hydrogens is 118 g/mol. The summed E-state index contributed by atoms with van der Waals surface area (Å²) in [6.45, 7) is 2.44. The smallest absolute Gasteiger partial charge is 0.312 e. The molecule has 0 aliphatic heterocycles. The Kier molecular flexibility index (Phi) is 3.79. The van der Waals surface area contributed by atoms with Crippen LogP contribution in [0.3, 0.4) is 0 Å². The van der Waals surface area contributed by atoms with Gasteiger partial charge in [-0.1, -0.05) is 0 Å². The maximum Gasteiger partial charge on any atom is 0.312 e. The first-order chi connectivity index (χ1) is 4.13.